The summed E-state index contributed by atoms with van der Waals surface area (Å²) in [6.45, 7) is 8.94. The lowest BCUT2D eigenvalue weighted by Gasteiger charge is -2.16. The Labute approximate surface area is 181 Å². The van der Waals surface area contributed by atoms with Gasteiger partial charge in [-0.15, -0.1) is 0 Å². The second kappa shape index (κ2) is 8.95. The molecule has 0 spiro atoms. The van der Waals surface area contributed by atoms with E-state index in [-0.39, 0.29) is 17.4 Å². The maximum absolute atomic E-state index is 12.8. The zero-order valence-electron chi connectivity index (χ0n) is 18.3. The van der Waals surface area contributed by atoms with Crippen LogP contribution in [0.2, 0.25) is 0 Å². The van der Waals surface area contributed by atoms with Gasteiger partial charge in [0.2, 0.25) is 11.8 Å². The number of nitrogens with zero attached hydrogens (tertiary/aromatic N) is 2. The molecule has 0 saturated carbocycles. The van der Waals surface area contributed by atoms with Crippen molar-refractivity contribution in [3.8, 4) is 11.3 Å². The zero-order chi connectivity index (χ0) is 22.7. The van der Waals surface area contributed by atoms with E-state index in [4.69, 9.17) is 0 Å². The molecule has 1 heterocycles. The van der Waals surface area contributed by atoms with Crippen LogP contribution in [0.4, 0.5) is 11.4 Å². The molecule has 1 aromatic heterocycles. The van der Waals surface area contributed by atoms with E-state index in [9.17, 15) is 14.4 Å². The minimum atomic E-state index is -0.811. The molecule has 2 N–H and O–H groups in total. The van der Waals surface area contributed by atoms with Crippen molar-refractivity contribution in [1.29, 1.82) is 0 Å². The lowest BCUT2D eigenvalue weighted by molar-refractivity contribution is -0.119. The van der Waals surface area contributed by atoms with Crippen molar-refractivity contribution in [2.45, 2.75) is 40.7 Å². The van der Waals surface area contributed by atoms with E-state index in [1.807, 2.05) is 51.1 Å². The van der Waals surface area contributed by atoms with Crippen LogP contribution in [0.5, 0.6) is 0 Å². The van der Waals surface area contributed by atoms with Gasteiger partial charge in [-0.2, -0.15) is 5.10 Å². The highest BCUT2D eigenvalue weighted by Crippen LogP contribution is 2.24. The predicted molar refractivity (Wildman–Crippen MR) is 122 cm³/mol. The highest BCUT2D eigenvalue weighted by atomic mass is 16.2. The van der Waals surface area contributed by atoms with Gasteiger partial charge in [0.15, 0.2) is 0 Å². The standard InChI is InChI=1S/C24H26N4O3/c1-14-7-9-20(12-16(14)3)26-24(31)17(4)28-23(30)11-10-21(27-28)19-8-6-15(2)22(13-19)25-18(5)29/h6-13,17H,1-5H3,(H,25,29)(H,26,31). The molecule has 2 amide bonds. The highest BCUT2D eigenvalue weighted by molar-refractivity contribution is 5.93. The van der Waals surface area contributed by atoms with E-state index in [0.717, 1.165) is 22.3 Å². The summed E-state index contributed by atoms with van der Waals surface area (Å²) in [5.74, 6) is -0.507. The molecular weight excluding hydrogens is 392 g/mol. The second-order valence-corrected chi connectivity index (χ2v) is 7.68. The SMILES string of the molecule is CC(=O)Nc1cc(-c2ccc(=O)n(C(C)C(=O)Nc3ccc(C)c(C)c3)n2)ccc1C. The minimum Gasteiger partial charge on any atom is -0.326 e. The summed E-state index contributed by atoms with van der Waals surface area (Å²) in [5, 5.41) is 10.1. The Balaban J connectivity index is 1.90. The summed E-state index contributed by atoms with van der Waals surface area (Å²) in [5.41, 5.74) is 5.33. The smallest absolute Gasteiger partial charge is 0.267 e. The van der Waals surface area contributed by atoms with E-state index >= 15 is 0 Å². The maximum Gasteiger partial charge on any atom is 0.267 e. The van der Waals surface area contributed by atoms with Gasteiger partial charge in [0, 0.05) is 29.9 Å². The van der Waals surface area contributed by atoms with Crippen molar-refractivity contribution >= 4 is 23.2 Å². The third kappa shape index (κ3) is 5.06. The van der Waals surface area contributed by atoms with Crippen LogP contribution >= 0.6 is 0 Å². The lowest BCUT2D eigenvalue weighted by atomic mass is 10.1. The van der Waals surface area contributed by atoms with Crippen LogP contribution in [-0.2, 0) is 9.59 Å². The Bertz CT molecular complexity index is 1210. The molecule has 160 valence electrons. The number of anilines is 2. The number of carbonyl (C=O) groups excluding carboxylic acids is 2. The highest BCUT2D eigenvalue weighted by Gasteiger charge is 2.19. The van der Waals surface area contributed by atoms with E-state index < -0.39 is 6.04 Å². The molecule has 3 rings (SSSR count). The van der Waals surface area contributed by atoms with Crippen molar-refractivity contribution in [2.24, 2.45) is 0 Å². The summed E-state index contributed by atoms with van der Waals surface area (Å²) in [6.07, 6.45) is 0. The van der Waals surface area contributed by atoms with Crippen molar-refractivity contribution in [3.63, 3.8) is 0 Å². The van der Waals surface area contributed by atoms with Crippen molar-refractivity contribution in [1.82, 2.24) is 9.78 Å². The van der Waals surface area contributed by atoms with Crippen LogP contribution in [0.3, 0.4) is 0 Å². The van der Waals surface area contributed by atoms with Gasteiger partial charge >= 0.3 is 0 Å². The number of hydrogen-bond donors (Lipinski definition) is 2. The number of aromatic nitrogens is 2. The first-order valence-electron chi connectivity index (χ1n) is 10.0. The van der Waals surface area contributed by atoms with Crippen LogP contribution < -0.4 is 16.2 Å². The van der Waals surface area contributed by atoms with Crippen molar-refractivity contribution in [2.75, 3.05) is 10.6 Å². The average Bonchev–Trinajstić information content (AvgIpc) is 2.72. The number of hydrogen-bond acceptors (Lipinski definition) is 4. The largest absolute Gasteiger partial charge is 0.326 e. The van der Waals surface area contributed by atoms with Gasteiger partial charge in [-0.1, -0.05) is 18.2 Å². The van der Waals surface area contributed by atoms with Crippen LogP contribution in [0.1, 0.15) is 36.6 Å². The van der Waals surface area contributed by atoms with E-state index in [1.165, 1.54) is 17.7 Å². The molecule has 2 aromatic carbocycles. The molecule has 0 aliphatic heterocycles. The Morgan fingerprint density at radius 2 is 1.61 bits per heavy atom. The number of rotatable bonds is 5. The van der Waals surface area contributed by atoms with Gasteiger partial charge < -0.3 is 10.6 Å². The van der Waals surface area contributed by atoms with E-state index in [1.54, 1.807) is 19.1 Å². The molecule has 0 fully saturated rings. The fourth-order valence-corrected chi connectivity index (χ4v) is 3.14. The fourth-order valence-electron chi connectivity index (χ4n) is 3.14. The first-order valence-corrected chi connectivity index (χ1v) is 10.0. The molecule has 31 heavy (non-hydrogen) atoms. The predicted octanol–water partition coefficient (Wildman–Crippen LogP) is 3.99. The van der Waals surface area contributed by atoms with Gasteiger partial charge in [-0.05, 0) is 68.7 Å². The van der Waals surface area contributed by atoms with Crippen LogP contribution in [0, 0.1) is 20.8 Å². The topological polar surface area (TPSA) is 93.1 Å². The third-order valence-corrected chi connectivity index (χ3v) is 5.19. The molecule has 7 nitrogen and oxygen atoms in total. The van der Waals surface area contributed by atoms with E-state index in [0.29, 0.717) is 17.1 Å². The molecule has 0 saturated heterocycles. The normalized spacial score (nSPS) is 11.6. The average molecular weight is 418 g/mol. The molecule has 0 aliphatic rings. The molecule has 1 unspecified atom stereocenters. The quantitative estimate of drug-likeness (QED) is 0.655. The Hall–Kier alpha value is -3.74. The number of benzene rings is 2. The van der Waals surface area contributed by atoms with E-state index in [2.05, 4.69) is 15.7 Å². The third-order valence-electron chi connectivity index (χ3n) is 5.19. The molecule has 0 aliphatic carbocycles. The maximum atomic E-state index is 12.8. The summed E-state index contributed by atoms with van der Waals surface area (Å²) >= 11 is 0. The first-order chi connectivity index (χ1) is 14.7. The van der Waals surface area contributed by atoms with Crippen LogP contribution in [0.15, 0.2) is 53.3 Å². The molecule has 1 atom stereocenters. The summed E-state index contributed by atoms with van der Waals surface area (Å²) in [6, 6.07) is 13.4. The van der Waals surface area contributed by atoms with Gasteiger partial charge in [-0.3, -0.25) is 14.4 Å². The summed E-state index contributed by atoms with van der Waals surface area (Å²) in [7, 11) is 0. The molecular formula is C24H26N4O3. The first kappa shape index (κ1) is 22.0. The van der Waals surface area contributed by atoms with Gasteiger partial charge in [0.05, 0.1) is 5.69 Å². The summed E-state index contributed by atoms with van der Waals surface area (Å²) < 4.78 is 1.17. The van der Waals surface area contributed by atoms with Gasteiger partial charge in [0.25, 0.3) is 5.56 Å². The monoisotopic (exact) mass is 418 g/mol. The van der Waals surface area contributed by atoms with Crippen molar-refractivity contribution in [3.05, 3.63) is 75.6 Å². The molecule has 3 aromatic rings. The minimum absolute atomic E-state index is 0.171. The Kier molecular flexibility index (Phi) is 6.34. The zero-order valence-corrected chi connectivity index (χ0v) is 18.3. The number of aryl methyl sites for hydroxylation is 3. The summed E-state index contributed by atoms with van der Waals surface area (Å²) in [4.78, 5) is 36.6. The Morgan fingerprint density at radius 3 is 2.29 bits per heavy atom. The number of carbonyl (C=O) groups is 2. The van der Waals surface area contributed by atoms with Gasteiger partial charge in [-0.25, -0.2) is 4.68 Å². The fraction of sp³-hybridized carbons (Fsp3) is 0.250. The molecule has 0 radical (unpaired) electrons. The number of amides is 2. The Morgan fingerprint density at radius 1 is 0.903 bits per heavy atom. The second-order valence-electron chi connectivity index (χ2n) is 7.68. The molecule has 7 heteroatoms. The lowest BCUT2D eigenvalue weighted by Crippen LogP contribution is -2.33. The van der Waals surface area contributed by atoms with Crippen LogP contribution in [-0.4, -0.2) is 21.6 Å². The molecule has 0 bridgehead atoms. The van der Waals surface area contributed by atoms with Crippen molar-refractivity contribution < 1.29 is 9.59 Å². The number of nitrogens with one attached hydrogen (secondary N) is 2. The van der Waals surface area contributed by atoms with Gasteiger partial charge in [0.1, 0.15) is 6.04 Å². The van der Waals surface area contributed by atoms with Crippen LogP contribution in [0.25, 0.3) is 11.3 Å².